The molecule has 1 aromatic rings. The molecule has 1 aliphatic rings. The van der Waals surface area contributed by atoms with Gasteiger partial charge in [0.25, 0.3) is 0 Å². The molecule has 1 fully saturated rings. The molecule has 1 saturated heterocycles. The Hall–Kier alpha value is -1.59. The molecule has 0 aromatic heterocycles. The van der Waals surface area contributed by atoms with Crippen LogP contribution in [0.25, 0.3) is 0 Å². The van der Waals surface area contributed by atoms with Gasteiger partial charge in [-0.25, -0.2) is 0 Å². The van der Waals surface area contributed by atoms with Crippen LogP contribution in [-0.4, -0.2) is 67.7 Å². The SMILES string of the molecule is CN(C)CCOc1ccc(/C=N/N2CCCC2CO)cc1. The smallest absolute Gasteiger partial charge is 0.119 e. The van der Waals surface area contributed by atoms with Crippen molar-refractivity contribution in [2.45, 2.75) is 18.9 Å². The maximum atomic E-state index is 9.26. The van der Waals surface area contributed by atoms with Crippen LogP contribution in [0, 0.1) is 0 Å². The van der Waals surface area contributed by atoms with Gasteiger partial charge in [0.1, 0.15) is 12.4 Å². The maximum Gasteiger partial charge on any atom is 0.119 e. The van der Waals surface area contributed by atoms with Crippen LogP contribution >= 0.6 is 0 Å². The third-order valence-corrected chi connectivity index (χ3v) is 3.60. The second-order valence-corrected chi connectivity index (χ2v) is 5.61. The first kappa shape index (κ1) is 15.8. The molecule has 0 radical (unpaired) electrons. The second kappa shape index (κ2) is 8.00. The van der Waals surface area contributed by atoms with Crippen molar-refractivity contribution in [2.75, 3.05) is 40.4 Å². The zero-order valence-corrected chi connectivity index (χ0v) is 12.9. The Kier molecular flexibility index (Phi) is 6.02. The van der Waals surface area contributed by atoms with Gasteiger partial charge in [0.2, 0.25) is 0 Å². The monoisotopic (exact) mass is 291 g/mol. The highest BCUT2D eigenvalue weighted by atomic mass is 16.5. The summed E-state index contributed by atoms with van der Waals surface area (Å²) in [6, 6.07) is 8.10. The lowest BCUT2D eigenvalue weighted by Gasteiger charge is -2.18. The van der Waals surface area contributed by atoms with Crippen molar-refractivity contribution in [3.63, 3.8) is 0 Å². The Morgan fingerprint density at radius 3 is 2.81 bits per heavy atom. The minimum absolute atomic E-state index is 0.176. The van der Waals surface area contributed by atoms with Crippen molar-refractivity contribution in [1.82, 2.24) is 9.91 Å². The van der Waals surface area contributed by atoms with Gasteiger partial charge in [0, 0.05) is 13.1 Å². The quantitative estimate of drug-likeness (QED) is 0.772. The van der Waals surface area contributed by atoms with E-state index in [1.54, 1.807) is 0 Å². The molecule has 21 heavy (non-hydrogen) atoms. The molecule has 1 aromatic carbocycles. The first-order valence-corrected chi connectivity index (χ1v) is 7.48. The van der Waals surface area contributed by atoms with E-state index in [1.165, 1.54) is 0 Å². The van der Waals surface area contributed by atoms with E-state index in [4.69, 9.17) is 4.74 Å². The lowest BCUT2D eigenvalue weighted by molar-refractivity contribution is 0.164. The second-order valence-electron chi connectivity index (χ2n) is 5.61. The van der Waals surface area contributed by atoms with Gasteiger partial charge in [0.15, 0.2) is 0 Å². The predicted molar refractivity (Wildman–Crippen MR) is 84.9 cm³/mol. The zero-order valence-electron chi connectivity index (χ0n) is 12.9. The largest absolute Gasteiger partial charge is 0.492 e. The number of hydrazone groups is 1. The zero-order chi connectivity index (χ0) is 15.1. The fourth-order valence-corrected chi connectivity index (χ4v) is 2.30. The normalized spacial score (nSPS) is 18.9. The van der Waals surface area contributed by atoms with Crippen molar-refractivity contribution < 1.29 is 9.84 Å². The van der Waals surface area contributed by atoms with Crippen molar-refractivity contribution in [2.24, 2.45) is 5.10 Å². The third kappa shape index (κ3) is 5.02. The summed E-state index contributed by atoms with van der Waals surface area (Å²) in [5.74, 6) is 0.878. The van der Waals surface area contributed by atoms with Crippen molar-refractivity contribution >= 4 is 6.21 Å². The van der Waals surface area contributed by atoms with Crippen LogP contribution in [0.4, 0.5) is 0 Å². The Morgan fingerprint density at radius 1 is 1.38 bits per heavy atom. The summed E-state index contributed by atoms with van der Waals surface area (Å²) < 4.78 is 5.65. The molecule has 1 aliphatic heterocycles. The minimum atomic E-state index is 0.176. The van der Waals surface area contributed by atoms with E-state index < -0.39 is 0 Å². The molecule has 1 heterocycles. The number of nitrogens with zero attached hydrogens (tertiary/aromatic N) is 3. The number of benzene rings is 1. The molecule has 0 bridgehead atoms. The van der Waals surface area contributed by atoms with Gasteiger partial charge in [-0.3, -0.25) is 5.01 Å². The first-order chi connectivity index (χ1) is 10.2. The lowest BCUT2D eigenvalue weighted by Crippen LogP contribution is -2.27. The van der Waals surface area contributed by atoms with E-state index in [0.29, 0.717) is 6.61 Å². The number of aliphatic hydroxyl groups is 1. The number of likely N-dealkylation sites (N-methyl/N-ethyl adjacent to an activating group) is 1. The topological polar surface area (TPSA) is 48.3 Å². The fraction of sp³-hybridized carbons (Fsp3) is 0.562. The van der Waals surface area contributed by atoms with E-state index in [9.17, 15) is 5.11 Å². The maximum absolute atomic E-state index is 9.26. The molecule has 2 rings (SSSR count). The molecule has 0 spiro atoms. The molecule has 1 N–H and O–H groups in total. The lowest BCUT2D eigenvalue weighted by atomic mass is 10.2. The van der Waals surface area contributed by atoms with E-state index in [-0.39, 0.29) is 12.6 Å². The molecule has 5 nitrogen and oxygen atoms in total. The number of ether oxygens (including phenoxy) is 1. The molecule has 0 amide bonds. The van der Waals surface area contributed by atoms with Crippen molar-refractivity contribution in [1.29, 1.82) is 0 Å². The van der Waals surface area contributed by atoms with Crippen LogP contribution in [0.15, 0.2) is 29.4 Å². The Bertz CT molecular complexity index is 445. The van der Waals surface area contributed by atoms with E-state index in [2.05, 4.69) is 10.0 Å². The van der Waals surface area contributed by atoms with Gasteiger partial charge in [-0.05, 0) is 56.8 Å². The van der Waals surface area contributed by atoms with Crippen LogP contribution < -0.4 is 4.74 Å². The Labute approximate surface area is 126 Å². The van der Waals surface area contributed by atoms with E-state index in [1.807, 2.05) is 49.6 Å². The summed E-state index contributed by atoms with van der Waals surface area (Å²) in [7, 11) is 4.06. The van der Waals surface area contributed by atoms with Crippen LogP contribution in [0.5, 0.6) is 5.75 Å². The van der Waals surface area contributed by atoms with Gasteiger partial charge < -0.3 is 14.7 Å². The van der Waals surface area contributed by atoms with Crippen molar-refractivity contribution in [3.8, 4) is 5.75 Å². The Morgan fingerprint density at radius 2 is 2.14 bits per heavy atom. The summed E-state index contributed by atoms with van der Waals surface area (Å²) >= 11 is 0. The highest BCUT2D eigenvalue weighted by molar-refractivity contribution is 5.79. The summed E-state index contributed by atoms with van der Waals surface area (Å²) in [4.78, 5) is 2.09. The summed E-state index contributed by atoms with van der Waals surface area (Å²) in [6.45, 7) is 2.69. The van der Waals surface area contributed by atoms with Crippen molar-refractivity contribution in [3.05, 3.63) is 29.8 Å². The first-order valence-electron chi connectivity index (χ1n) is 7.48. The van der Waals surface area contributed by atoms with Crippen LogP contribution in [0.3, 0.4) is 0 Å². The molecular formula is C16H25N3O2. The molecule has 116 valence electrons. The standard InChI is InChI=1S/C16H25N3O2/c1-18(2)10-11-21-16-7-5-14(6-8-16)12-17-19-9-3-4-15(19)13-20/h5-8,12,15,20H,3-4,9-11,13H2,1-2H3/b17-12+. The highest BCUT2D eigenvalue weighted by Gasteiger charge is 2.21. The number of hydrogen-bond acceptors (Lipinski definition) is 5. The average Bonchev–Trinajstić information content (AvgIpc) is 2.93. The number of rotatable bonds is 7. The highest BCUT2D eigenvalue weighted by Crippen LogP contribution is 2.17. The molecule has 1 unspecified atom stereocenters. The molecule has 5 heteroatoms. The summed E-state index contributed by atoms with van der Waals surface area (Å²) in [5.41, 5.74) is 1.04. The van der Waals surface area contributed by atoms with Gasteiger partial charge in [0.05, 0.1) is 18.9 Å². The molecule has 1 atom stereocenters. The molecular weight excluding hydrogens is 266 g/mol. The van der Waals surface area contributed by atoms with E-state index in [0.717, 1.165) is 37.2 Å². The molecule has 0 saturated carbocycles. The van der Waals surface area contributed by atoms with Gasteiger partial charge in [-0.1, -0.05) is 0 Å². The minimum Gasteiger partial charge on any atom is -0.492 e. The number of hydrogen-bond donors (Lipinski definition) is 1. The Balaban J connectivity index is 1.84. The summed E-state index contributed by atoms with van der Waals surface area (Å²) in [5, 5.41) is 15.7. The third-order valence-electron chi connectivity index (χ3n) is 3.60. The van der Waals surface area contributed by atoms with Crippen LogP contribution in [-0.2, 0) is 0 Å². The average molecular weight is 291 g/mol. The van der Waals surface area contributed by atoms with Gasteiger partial charge in [-0.15, -0.1) is 0 Å². The van der Waals surface area contributed by atoms with Crippen LogP contribution in [0.2, 0.25) is 0 Å². The predicted octanol–water partition coefficient (Wildman–Crippen LogP) is 1.42. The fourth-order valence-electron chi connectivity index (χ4n) is 2.30. The van der Waals surface area contributed by atoms with Gasteiger partial charge in [-0.2, -0.15) is 5.10 Å². The van der Waals surface area contributed by atoms with Gasteiger partial charge >= 0.3 is 0 Å². The molecule has 0 aliphatic carbocycles. The number of aliphatic hydroxyl groups excluding tert-OH is 1. The van der Waals surface area contributed by atoms with Crippen LogP contribution in [0.1, 0.15) is 18.4 Å². The van der Waals surface area contributed by atoms with E-state index >= 15 is 0 Å². The summed E-state index contributed by atoms with van der Waals surface area (Å²) in [6.07, 6.45) is 3.96.